The summed E-state index contributed by atoms with van der Waals surface area (Å²) in [5, 5.41) is 3.73. The molecular formula is C16H32N2O. The largest absolute Gasteiger partial charge is 0.381 e. The highest BCUT2D eigenvalue weighted by Gasteiger charge is 2.28. The van der Waals surface area contributed by atoms with Crippen LogP contribution >= 0.6 is 0 Å². The zero-order valence-electron chi connectivity index (χ0n) is 12.9. The molecule has 0 spiro atoms. The molecule has 0 radical (unpaired) electrons. The maximum Gasteiger partial charge on any atom is 0.0521 e. The first-order valence-corrected chi connectivity index (χ1v) is 8.37. The van der Waals surface area contributed by atoms with Gasteiger partial charge in [0.2, 0.25) is 0 Å². The third kappa shape index (κ3) is 4.73. The zero-order chi connectivity index (χ0) is 13.5. The lowest BCUT2D eigenvalue weighted by Crippen LogP contribution is -2.49. The molecule has 0 aromatic heterocycles. The predicted octanol–water partition coefficient (Wildman–Crippen LogP) is 2.51. The van der Waals surface area contributed by atoms with E-state index in [2.05, 4.69) is 24.1 Å². The Morgan fingerprint density at radius 2 is 2.16 bits per heavy atom. The maximum absolute atomic E-state index is 5.72. The number of likely N-dealkylation sites (tertiary alicyclic amines) is 1. The molecule has 0 bridgehead atoms. The Hall–Kier alpha value is -0.120. The fourth-order valence-electron chi connectivity index (χ4n) is 3.56. The molecule has 0 aliphatic carbocycles. The normalized spacial score (nSPS) is 33.5. The Kier molecular flexibility index (Phi) is 6.62. The summed E-state index contributed by atoms with van der Waals surface area (Å²) in [7, 11) is 0. The van der Waals surface area contributed by atoms with Crippen molar-refractivity contribution in [1.82, 2.24) is 10.2 Å². The van der Waals surface area contributed by atoms with Gasteiger partial charge in [-0.2, -0.15) is 0 Å². The topological polar surface area (TPSA) is 24.5 Å². The van der Waals surface area contributed by atoms with Crippen LogP contribution in [-0.2, 0) is 4.74 Å². The summed E-state index contributed by atoms with van der Waals surface area (Å²) >= 11 is 0. The molecule has 3 heteroatoms. The van der Waals surface area contributed by atoms with E-state index in [-0.39, 0.29) is 0 Å². The molecule has 3 atom stereocenters. The van der Waals surface area contributed by atoms with Crippen molar-refractivity contribution in [3.63, 3.8) is 0 Å². The minimum atomic E-state index is 0.677. The van der Waals surface area contributed by atoms with Crippen LogP contribution in [0.25, 0.3) is 0 Å². The summed E-state index contributed by atoms with van der Waals surface area (Å²) in [4.78, 5) is 2.69. The van der Waals surface area contributed by atoms with E-state index in [4.69, 9.17) is 4.74 Å². The number of hydrogen-bond acceptors (Lipinski definition) is 3. The molecule has 3 nitrogen and oxygen atoms in total. The molecule has 2 fully saturated rings. The average Bonchev–Trinajstić information content (AvgIpc) is 2.46. The molecule has 0 aromatic carbocycles. The molecule has 2 heterocycles. The Balaban J connectivity index is 1.80. The summed E-state index contributed by atoms with van der Waals surface area (Å²) in [6, 6.07) is 0.677. The van der Waals surface area contributed by atoms with E-state index in [0.717, 1.165) is 25.7 Å². The first kappa shape index (κ1) is 15.3. The zero-order valence-corrected chi connectivity index (χ0v) is 12.9. The molecule has 112 valence electrons. The van der Waals surface area contributed by atoms with Crippen molar-refractivity contribution in [2.24, 2.45) is 11.8 Å². The summed E-state index contributed by atoms with van der Waals surface area (Å²) in [5.41, 5.74) is 0. The molecule has 19 heavy (non-hydrogen) atoms. The SMILES string of the molecule is CCCNC1CCOCC1CN1CCCC(CC)C1. The highest BCUT2D eigenvalue weighted by molar-refractivity contribution is 4.84. The standard InChI is InChI=1S/C16H32N2O/c1-3-8-17-16-7-10-19-13-15(16)12-18-9-5-6-14(4-2)11-18/h14-17H,3-13H2,1-2H3. The fraction of sp³-hybridized carbons (Fsp3) is 1.00. The molecule has 0 aromatic rings. The second-order valence-electron chi connectivity index (χ2n) is 6.36. The van der Waals surface area contributed by atoms with Crippen molar-refractivity contribution in [1.29, 1.82) is 0 Å². The van der Waals surface area contributed by atoms with E-state index in [0.29, 0.717) is 12.0 Å². The van der Waals surface area contributed by atoms with Crippen LogP contribution in [0.5, 0.6) is 0 Å². The van der Waals surface area contributed by atoms with Crippen LogP contribution in [0.4, 0.5) is 0 Å². The Labute approximate surface area is 119 Å². The van der Waals surface area contributed by atoms with Crippen molar-refractivity contribution in [2.75, 3.05) is 39.4 Å². The Morgan fingerprint density at radius 3 is 2.95 bits per heavy atom. The van der Waals surface area contributed by atoms with Gasteiger partial charge in [0.15, 0.2) is 0 Å². The quantitative estimate of drug-likeness (QED) is 0.801. The Bertz CT molecular complexity index is 247. The summed E-state index contributed by atoms with van der Waals surface area (Å²) in [6.07, 6.45) is 6.58. The predicted molar refractivity (Wildman–Crippen MR) is 80.5 cm³/mol. The van der Waals surface area contributed by atoms with Crippen molar-refractivity contribution in [2.45, 2.75) is 52.0 Å². The lowest BCUT2D eigenvalue weighted by Gasteiger charge is -2.39. The molecule has 2 rings (SSSR count). The third-order valence-corrected chi connectivity index (χ3v) is 4.80. The third-order valence-electron chi connectivity index (χ3n) is 4.80. The molecule has 2 aliphatic rings. The highest BCUT2D eigenvalue weighted by Crippen LogP contribution is 2.22. The van der Waals surface area contributed by atoms with Crippen molar-refractivity contribution in [3.8, 4) is 0 Å². The van der Waals surface area contributed by atoms with E-state index in [1.807, 2.05) is 0 Å². The second kappa shape index (κ2) is 8.23. The van der Waals surface area contributed by atoms with Gasteiger partial charge in [0.1, 0.15) is 0 Å². The number of hydrogen-bond donors (Lipinski definition) is 1. The smallest absolute Gasteiger partial charge is 0.0521 e. The molecule has 0 saturated carbocycles. The minimum Gasteiger partial charge on any atom is -0.381 e. The summed E-state index contributed by atoms with van der Waals surface area (Å²) in [5.74, 6) is 1.62. The van der Waals surface area contributed by atoms with Gasteiger partial charge in [-0.15, -0.1) is 0 Å². The van der Waals surface area contributed by atoms with E-state index >= 15 is 0 Å². The van der Waals surface area contributed by atoms with Crippen LogP contribution in [0.15, 0.2) is 0 Å². The minimum absolute atomic E-state index is 0.677. The fourth-order valence-corrected chi connectivity index (χ4v) is 3.56. The lowest BCUT2D eigenvalue weighted by molar-refractivity contribution is 0.0103. The van der Waals surface area contributed by atoms with Crippen LogP contribution in [0, 0.1) is 11.8 Å². The first-order valence-electron chi connectivity index (χ1n) is 8.37. The molecule has 2 saturated heterocycles. The van der Waals surface area contributed by atoms with Crippen molar-refractivity contribution in [3.05, 3.63) is 0 Å². The van der Waals surface area contributed by atoms with E-state index in [1.165, 1.54) is 51.7 Å². The number of rotatable bonds is 6. The van der Waals surface area contributed by atoms with Gasteiger partial charge in [0, 0.05) is 31.7 Å². The Morgan fingerprint density at radius 1 is 1.26 bits per heavy atom. The van der Waals surface area contributed by atoms with Gasteiger partial charge in [-0.25, -0.2) is 0 Å². The first-order chi connectivity index (χ1) is 9.33. The van der Waals surface area contributed by atoms with Gasteiger partial charge in [-0.3, -0.25) is 0 Å². The number of ether oxygens (including phenoxy) is 1. The van der Waals surface area contributed by atoms with E-state index in [1.54, 1.807) is 0 Å². The van der Waals surface area contributed by atoms with Gasteiger partial charge < -0.3 is 15.0 Å². The summed E-state index contributed by atoms with van der Waals surface area (Å²) < 4.78 is 5.72. The van der Waals surface area contributed by atoms with E-state index in [9.17, 15) is 0 Å². The number of nitrogens with zero attached hydrogens (tertiary/aromatic N) is 1. The average molecular weight is 268 g/mol. The lowest BCUT2D eigenvalue weighted by atomic mass is 9.91. The molecular weight excluding hydrogens is 236 g/mol. The summed E-state index contributed by atoms with van der Waals surface area (Å²) in [6.45, 7) is 11.5. The monoisotopic (exact) mass is 268 g/mol. The van der Waals surface area contributed by atoms with Crippen LogP contribution in [0.1, 0.15) is 46.0 Å². The van der Waals surface area contributed by atoms with Crippen LogP contribution in [0.2, 0.25) is 0 Å². The van der Waals surface area contributed by atoms with Crippen molar-refractivity contribution >= 4 is 0 Å². The van der Waals surface area contributed by atoms with Crippen LogP contribution in [-0.4, -0.2) is 50.3 Å². The molecule has 0 amide bonds. The van der Waals surface area contributed by atoms with Gasteiger partial charge in [-0.1, -0.05) is 20.3 Å². The molecule has 2 aliphatic heterocycles. The van der Waals surface area contributed by atoms with Gasteiger partial charge >= 0.3 is 0 Å². The van der Waals surface area contributed by atoms with Gasteiger partial charge in [0.05, 0.1) is 6.61 Å². The van der Waals surface area contributed by atoms with Crippen LogP contribution < -0.4 is 5.32 Å². The van der Waals surface area contributed by atoms with Gasteiger partial charge in [0.25, 0.3) is 0 Å². The molecule has 3 unspecified atom stereocenters. The van der Waals surface area contributed by atoms with Gasteiger partial charge in [-0.05, 0) is 44.7 Å². The number of piperidine rings is 1. The highest BCUT2D eigenvalue weighted by atomic mass is 16.5. The van der Waals surface area contributed by atoms with Crippen LogP contribution in [0.3, 0.4) is 0 Å². The maximum atomic E-state index is 5.72. The van der Waals surface area contributed by atoms with Crippen molar-refractivity contribution < 1.29 is 4.74 Å². The second-order valence-corrected chi connectivity index (χ2v) is 6.36. The molecule has 1 N–H and O–H groups in total. The van der Waals surface area contributed by atoms with E-state index < -0.39 is 0 Å². The number of nitrogens with one attached hydrogen (secondary N) is 1.